The number of carbonyl (C=O) groups excluding carboxylic acids is 1. The van der Waals surface area contributed by atoms with Crippen molar-refractivity contribution in [2.45, 2.75) is 30.7 Å². The Balaban J connectivity index is 1.77. The molecule has 34 heavy (non-hydrogen) atoms. The van der Waals surface area contributed by atoms with Gasteiger partial charge in [-0.05, 0) is 35.9 Å². The monoisotopic (exact) mass is 478 g/mol. The maximum Gasteiger partial charge on any atom is 0.229 e. The van der Waals surface area contributed by atoms with E-state index in [0.717, 1.165) is 6.07 Å². The molecule has 0 unspecified atom stereocenters. The van der Waals surface area contributed by atoms with Crippen molar-refractivity contribution in [3.05, 3.63) is 47.5 Å². The summed E-state index contributed by atoms with van der Waals surface area (Å²) >= 11 is 0. The lowest BCUT2D eigenvalue weighted by Crippen LogP contribution is -2.60. The Bertz CT molecular complexity index is 1050. The molecule has 2 aromatic rings. The van der Waals surface area contributed by atoms with Gasteiger partial charge in [0.1, 0.15) is 24.4 Å². The number of phenols is 2. The second kappa shape index (κ2) is 10.7. The van der Waals surface area contributed by atoms with Gasteiger partial charge in [-0.3, -0.25) is 4.79 Å². The zero-order valence-corrected chi connectivity index (χ0v) is 18.4. The normalized spacial score (nSPS) is 24.7. The number of aromatic hydroxyl groups is 2. The minimum atomic E-state index is -1.72. The zero-order valence-electron chi connectivity index (χ0n) is 18.4. The Morgan fingerprint density at radius 2 is 1.62 bits per heavy atom. The minimum Gasteiger partial charge on any atom is -0.504 e. The topological polar surface area (TPSA) is 175 Å². The summed E-state index contributed by atoms with van der Waals surface area (Å²) in [6.45, 7) is -0.665. The fourth-order valence-electron chi connectivity index (χ4n) is 3.36. The molecule has 184 valence electrons. The number of ether oxygens (including phenoxy) is 4. The van der Waals surface area contributed by atoms with Crippen LogP contribution < -0.4 is 14.2 Å². The fourth-order valence-corrected chi connectivity index (χ4v) is 3.36. The summed E-state index contributed by atoms with van der Waals surface area (Å²) < 4.78 is 20.9. The number of hydrogen-bond acceptors (Lipinski definition) is 11. The molecule has 2 aromatic carbocycles. The molecule has 1 aliphatic rings. The van der Waals surface area contributed by atoms with Crippen LogP contribution in [0.5, 0.6) is 28.7 Å². The van der Waals surface area contributed by atoms with Crippen LogP contribution >= 0.6 is 0 Å². The van der Waals surface area contributed by atoms with Crippen LogP contribution in [0.2, 0.25) is 0 Å². The van der Waals surface area contributed by atoms with Crippen LogP contribution in [0.15, 0.2) is 36.4 Å². The number of hydrogen-bond donors (Lipinski definition) is 6. The van der Waals surface area contributed by atoms with Crippen LogP contribution in [0.4, 0.5) is 0 Å². The largest absolute Gasteiger partial charge is 0.504 e. The first kappa shape index (κ1) is 25.3. The van der Waals surface area contributed by atoms with Gasteiger partial charge in [-0.15, -0.1) is 0 Å². The molecule has 11 heteroatoms. The molecule has 1 aliphatic heterocycles. The van der Waals surface area contributed by atoms with E-state index in [2.05, 4.69) is 0 Å². The van der Waals surface area contributed by atoms with Gasteiger partial charge in [0, 0.05) is 0 Å². The molecule has 3 rings (SSSR count). The molecule has 11 nitrogen and oxygen atoms in total. The number of rotatable bonds is 8. The molecule has 1 saturated heterocycles. The number of ketones is 1. The number of methoxy groups -OCH3 is 2. The van der Waals surface area contributed by atoms with E-state index >= 15 is 0 Å². The number of benzene rings is 2. The van der Waals surface area contributed by atoms with Gasteiger partial charge in [-0.1, -0.05) is 12.1 Å². The third kappa shape index (κ3) is 5.08. The van der Waals surface area contributed by atoms with Crippen molar-refractivity contribution < 1.29 is 54.4 Å². The number of aliphatic hydroxyl groups is 4. The molecule has 0 radical (unpaired) electrons. The van der Waals surface area contributed by atoms with Crippen molar-refractivity contribution in [3.8, 4) is 28.7 Å². The highest BCUT2D eigenvalue weighted by Crippen LogP contribution is 2.40. The van der Waals surface area contributed by atoms with Crippen LogP contribution in [-0.2, 0) is 4.74 Å². The molecular weight excluding hydrogens is 452 g/mol. The Hall–Kier alpha value is -3.35. The molecular formula is C23H26O11. The lowest BCUT2D eigenvalue weighted by atomic mass is 9.99. The predicted molar refractivity (Wildman–Crippen MR) is 117 cm³/mol. The first-order chi connectivity index (χ1) is 16.2. The number of phenolic OH excluding ortho intramolecular Hbond substituents is 2. The van der Waals surface area contributed by atoms with Gasteiger partial charge < -0.3 is 49.6 Å². The molecule has 0 bridgehead atoms. The zero-order chi connectivity index (χ0) is 25.0. The Kier molecular flexibility index (Phi) is 7.97. The van der Waals surface area contributed by atoms with Gasteiger partial charge in [0.05, 0.1) is 26.4 Å². The molecule has 5 atom stereocenters. The quantitative estimate of drug-likeness (QED) is 0.173. The Labute approximate surface area is 194 Å². The summed E-state index contributed by atoms with van der Waals surface area (Å²) in [6, 6.07) is 7.36. The summed E-state index contributed by atoms with van der Waals surface area (Å²) in [7, 11) is 2.97. The van der Waals surface area contributed by atoms with E-state index in [1.807, 2.05) is 0 Å². The van der Waals surface area contributed by atoms with Gasteiger partial charge in [-0.25, -0.2) is 0 Å². The smallest absolute Gasteiger partial charge is 0.229 e. The van der Waals surface area contributed by atoms with Crippen molar-refractivity contribution in [2.24, 2.45) is 0 Å². The Morgan fingerprint density at radius 3 is 2.26 bits per heavy atom. The lowest BCUT2D eigenvalue weighted by molar-refractivity contribution is -0.277. The highest BCUT2D eigenvalue weighted by atomic mass is 16.7. The maximum absolute atomic E-state index is 12.6. The first-order valence-electron chi connectivity index (χ1n) is 10.2. The summed E-state index contributed by atoms with van der Waals surface area (Å²) in [5.74, 6) is -1.58. The van der Waals surface area contributed by atoms with E-state index in [0.29, 0.717) is 17.1 Å². The lowest BCUT2D eigenvalue weighted by Gasteiger charge is -2.39. The van der Waals surface area contributed by atoms with Crippen LogP contribution in [0.25, 0.3) is 6.08 Å². The average molecular weight is 478 g/mol. The van der Waals surface area contributed by atoms with Crippen molar-refractivity contribution >= 4 is 11.9 Å². The number of allylic oxidation sites excluding steroid dienone is 1. The fraction of sp³-hybridized carbons (Fsp3) is 0.348. The van der Waals surface area contributed by atoms with E-state index < -0.39 is 54.6 Å². The molecule has 6 N–H and O–H groups in total. The SMILES string of the molecule is COc1ccc(C=CC(=O)c2ccc(O[C@@H]3O[C@H](CO)[C@@H](O)[C@H](O)[C@H]3O)c(O)c2O)cc1OC. The number of aliphatic hydroxyl groups excluding tert-OH is 4. The van der Waals surface area contributed by atoms with Crippen molar-refractivity contribution in [2.75, 3.05) is 20.8 Å². The van der Waals surface area contributed by atoms with Crippen LogP contribution in [0, 0.1) is 0 Å². The van der Waals surface area contributed by atoms with Gasteiger partial charge in [0.2, 0.25) is 12.0 Å². The average Bonchev–Trinajstić information content (AvgIpc) is 2.85. The van der Waals surface area contributed by atoms with Crippen LogP contribution in [0.3, 0.4) is 0 Å². The van der Waals surface area contributed by atoms with Crippen LogP contribution in [-0.4, -0.2) is 88.0 Å². The Morgan fingerprint density at radius 1 is 0.941 bits per heavy atom. The highest BCUT2D eigenvalue weighted by Gasteiger charge is 2.45. The second-order valence-corrected chi connectivity index (χ2v) is 7.44. The summed E-state index contributed by atoms with van der Waals surface area (Å²) in [6.07, 6.45) is -5.11. The molecule has 0 aliphatic carbocycles. The summed E-state index contributed by atoms with van der Waals surface area (Å²) in [5.41, 5.74) is 0.396. The van der Waals surface area contributed by atoms with Gasteiger partial charge >= 0.3 is 0 Å². The molecule has 0 spiro atoms. The van der Waals surface area contributed by atoms with Crippen molar-refractivity contribution in [1.29, 1.82) is 0 Å². The van der Waals surface area contributed by atoms with Gasteiger partial charge in [0.25, 0.3) is 0 Å². The summed E-state index contributed by atoms with van der Waals surface area (Å²) in [4.78, 5) is 12.6. The summed E-state index contributed by atoms with van der Waals surface area (Å²) in [5, 5.41) is 59.6. The third-order valence-electron chi connectivity index (χ3n) is 5.31. The third-order valence-corrected chi connectivity index (χ3v) is 5.31. The molecule has 0 saturated carbocycles. The number of carbonyl (C=O) groups is 1. The molecule has 1 heterocycles. The molecule has 0 aromatic heterocycles. The van der Waals surface area contributed by atoms with Crippen LogP contribution in [0.1, 0.15) is 15.9 Å². The van der Waals surface area contributed by atoms with E-state index in [4.69, 9.17) is 18.9 Å². The second-order valence-electron chi connectivity index (χ2n) is 7.44. The van der Waals surface area contributed by atoms with Gasteiger partial charge in [0.15, 0.2) is 28.8 Å². The minimum absolute atomic E-state index is 0.227. The standard InChI is InChI=1S/C23H26O11/c1-31-14-7-4-11(9-16(14)32-2)3-6-13(25)12-5-8-15(19(27)18(12)26)33-23-22(30)21(29)20(28)17(10-24)34-23/h3-9,17,20-24,26-30H,10H2,1-2H3/t17-,20-,21+,22-,23-/m1/s1. The van der Waals surface area contributed by atoms with Crippen molar-refractivity contribution in [3.63, 3.8) is 0 Å². The highest BCUT2D eigenvalue weighted by molar-refractivity contribution is 6.09. The first-order valence-corrected chi connectivity index (χ1v) is 10.2. The van der Waals surface area contributed by atoms with Gasteiger partial charge in [-0.2, -0.15) is 0 Å². The van der Waals surface area contributed by atoms with Crippen molar-refractivity contribution in [1.82, 2.24) is 0 Å². The molecule has 0 amide bonds. The molecule has 1 fully saturated rings. The predicted octanol–water partition coefficient (Wildman–Crippen LogP) is 0.190. The maximum atomic E-state index is 12.6. The van der Waals surface area contributed by atoms with E-state index in [-0.39, 0.29) is 11.3 Å². The van der Waals surface area contributed by atoms with E-state index in [9.17, 15) is 35.4 Å². The van der Waals surface area contributed by atoms with E-state index in [1.165, 1.54) is 32.4 Å². The van der Waals surface area contributed by atoms with E-state index in [1.54, 1.807) is 18.2 Å².